The maximum atomic E-state index is 13.1. The Hall–Kier alpha value is -3.12. The molecule has 0 bridgehead atoms. The fourth-order valence-electron chi connectivity index (χ4n) is 4.24. The second kappa shape index (κ2) is 10.0. The van der Waals surface area contributed by atoms with Gasteiger partial charge in [0.25, 0.3) is 11.7 Å². The Morgan fingerprint density at radius 1 is 1.06 bits per heavy atom. The van der Waals surface area contributed by atoms with Gasteiger partial charge in [-0.2, -0.15) is 0 Å². The van der Waals surface area contributed by atoms with Crippen molar-refractivity contribution < 1.29 is 19.4 Å². The molecule has 0 aromatic heterocycles. The minimum Gasteiger partial charge on any atom is -0.507 e. The van der Waals surface area contributed by atoms with E-state index in [0.717, 1.165) is 35.5 Å². The first-order valence-electron chi connectivity index (χ1n) is 11.0. The quantitative estimate of drug-likeness (QED) is 0.381. The van der Waals surface area contributed by atoms with Crippen molar-refractivity contribution in [2.24, 2.45) is 0 Å². The number of likely N-dealkylation sites (tertiary alicyclic amines) is 1. The van der Waals surface area contributed by atoms with Crippen molar-refractivity contribution in [3.63, 3.8) is 0 Å². The third-order valence-electron chi connectivity index (χ3n) is 6.06. The lowest BCUT2D eigenvalue weighted by Crippen LogP contribution is -2.32. The number of carbonyl (C=O) groups excluding carboxylic acids is 2. The number of methoxy groups -OCH3 is 1. The van der Waals surface area contributed by atoms with Crippen molar-refractivity contribution in [1.82, 2.24) is 4.90 Å². The summed E-state index contributed by atoms with van der Waals surface area (Å²) >= 11 is 0. The standard InChI is InChI=1S/C26H32N2O4/c1-6-27(7-2)20-12-10-19(11-13-20)23-22(25(30)26(31)28(23)14-15-32-5)24(29)21-16-17(3)8-9-18(21)4/h8-13,16,23,29H,6-7,14-15H2,1-5H3/b24-22+. The summed E-state index contributed by atoms with van der Waals surface area (Å²) in [5.41, 5.74) is 4.35. The van der Waals surface area contributed by atoms with Crippen LogP contribution < -0.4 is 4.90 Å². The molecule has 1 unspecified atom stereocenters. The molecule has 32 heavy (non-hydrogen) atoms. The van der Waals surface area contributed by atoms with Gasteiger partial charge in [0.15, 0.2) is 0 Å². The van der Waals surface area contributed by atoms with Crippen LogP contribution in [0.4, 0.5) is 5.69 Å². The number of aryl methyl sites for hydroxylation is 2. The second-order valence-electron chi connectivity index (χ2n) is 8.07. The molecule has 1 amide bonds. The summed E-state index contributed by atoms with van der Waals surface area (Å²) < 4.78 is 5.18. The van der Waals surface area contributed by atoms with E-state index in [2.05, 4.69) is 18.7 Å². The number of nitrogens with zero attached hydrogens (tertiary/aromatic N) is 2. The molecule has 1 heterocycles. The summed E-state index contributed by atoms with van der Waals surface area (Å²) in [7, 11) is 1.56. The van der Waals surface area contributed by atoms with Crippen LogP contribution in [0.3, 0.4) is 0 Å². The van der Waals surface area contributed by atoms with E-state index in [1.165, 1.54) is 4.90 Å². The van der Waals surface area contributed by atoms with Crippen molar-refractivity contribution in [2.75, 3.05) is 38.3 Å². The van der Waals surface area contributed by atoms with Gasteiger partial charge >= 0.3 is 0 Å². The highest BCUT2D eigenvalue weighted by Gasteiger charge is 2.46. The number of anilines is 1. The Morgan fingerprint density at radius 2 is 1.72 bits per heavy atom. The molecule has 2 aromatic carbocycles. The smallest absolute Gasteiger partial charge is 0.295 e. The molecule has 1 saturated heterocycles. The number of aliphatic hydroxyl groups is 1. The summed E-state index contributed by atoms with van der Waals surface area (Å²) in [5.74, 6) is -1.42. The molecule has 2 aromatic rings. The van der Waals surface area contributed by atoms with Crippen LogP contribution in [0.1, 0.15) is 42.1 Å². The molecule has 0 aliphatic carbocycles. The highest BCUT2D eigenvalue weighted by atomic mass is 16.5. The van der Waals surface area contributed by atoms with Crippen LogP contribution in [0.5, 0.6) is 0 Å². The average molecular weight is 437 g/mol. The van der Waals surface area contributed by atoms with Gasteiger partial charge in [0.05, 0.1) is 18.2 Å². The van der Waals surface area contributed by atoms with E-state index in [-0.39, 0.29) is 17.9 Å². The Kier molecular flexibility index (Phi) is 7.36. The van der Waals surface area contributed by atoms with E-state index < -0.39 is 17.7 Å². The van der Waals surface area contributed by atoms with Crippen LogP contribution in [0.2, 0.25) is 0 Å². The van der Waals surface area contributed by atoms with Gasteiger partial charge in [-0.05, 0) is 57.0 Å². The molecule has 6 heteroatoms. The number of hydrogen-bond donors (Lipinski definition) is 1. The second-order valence-corrected chi connectivity index (χ2v) is 8.07. The average Bonchev–Trinajstić information content (AvgIpc) is 3.05. The Bertz CT molecular complexity index is 1020. The summed E-state index contributed by atoms with van der Waals surface area (Å²) in [6, 6.07) is 12.9. The number of amides is 1. The lowest BCUT2D eigenvalue weighted by Gasteiger charge is -2.26. The molecule has 3 rings (SSSR count). The summed E-state index contributed by atoms with van der Waals surface area (Å²) in [6.45, 7) is 10.3. The van der Waals surface area contributed by atoms with Gasteiger partial charge < -0.3 is 19.6 Å². The van der Waals surface area contributed by atoms with Crippen molar-refractivity contribution >= 4 is 23.1 Å². The first kappa shape index (κ1) is 23.5. The normalized spacial score (nSPS) is 17.8. The van der Waals surface area contributed by atoms with Crippen molar-refractivity contribution in [3.05, 3.63) is 70.3 Å². The molecular formula is C26H32N2O4. The molecule has 1 N–H and O–H groups in total. The number of carbonyl (C=O) groups is 2. The fraction of sp³-hybridized carbons (Fsp3) is 0.385. The maximum absolute atomic E-state index is 13.1. The first-order chi connectivity index (χ1) is 15.3. The van der Waals surface area contributed by atoms with Crippen molar-refractivity contribution in [1.29, 1.82) is 0 Å². The highest BCUT2D eigenvalue weighted by Crippen LogP contribution is 2.40. The molecule has 0 saturated carbocycles. The zero-order valence-corrected chi connectivity index (χ0v) is 19.5. The maximum Gasteiger partial charge on any atom is 0.295 e. The monoisotopic (exact) mass is 436 g/mol. The van der Waals surface area contributed by atoms with Gasteiger partial charge in [-0.15, -0.1) is 0 Å². The number of rotatable bonds is 8. The van der Waals surface area contributed by atoms with Crippen molar-refractivity contribution in [3.8, 4) is 0 Å². The summed E-state index contributed by atoms with van der Waals surface area (Å²) in [4.78, 5) is 29.7. The minimum atomic E-state index is -0.671. The van der Waals surface area contributed by atoms with E-state index in [1.807, 2.05) is 56.3 Å². The number of hydrogen-bond acceptors (Lipinski definition) is 5. The van der Waals surface area contributed by atoms with Crippen LogP contribution in [0, 0.1) is 13.8 Å². The summed E-state index contributed by atoms with van der Waals surface area (Å²) in [5, 5.41) is 11.2. The van der Waals surface area contributed by atoms with E-state index in [0.29, 0.717) is 12.2 Å². The van der Waals surface area contributed by atoms with E-state index in [1.54, 1.807) is 7.11 Å². The molecule has 1 aliphatic heterocycles. The Balaban J connectivity index is 2.15. The van der Waals surface area contributed by atoms with Gasteiger partial charge in [0, 0.05) is 38.0 Å². The van der Waals surface area contributed by atoms with Crippen LogP contribution in [0.25, 0.3) is 5.76 Å². The number of benzene rings is 2. The topological polar surface area (TPSA) is 70.1 Å². The highest BCUT2D eigenvalue weighted by molar-refractivity contribution is 6.46. The number of ether oxygens (including phenoxy) is 1. The summed E-state index contributed by atoms with van der Waals surface area (Å²) in [6.07, 6.45) is 0. The molecule has 0 spiro atoms. The lowest BCUT2D eigenvalue weighted by molar-refractivity contribution is -0.140. The molecule has 1 atom stereocenters. The number of Topliss-reactive ketones (excluding diaryl/α,β-unsaturated/α-hetero) is 1. The molecule has 6 nitrogen and oxygen atoms in total. The van der Waals surface area contributed by atoms with E-state index >= 15 is 0 Å². The number of ketones is 1. The Labute approximate surface area is 190 Å². The van der Waals surface area contributed by atoms with Gasteiger partial charge in [-0.3, -0.25) is 9.59 Å². The van der Waals surface area contributed by atoms with Gasteiger partial charge in [0.2, 0.25) is 0 Å². The predicted molar refractivity (Wildman–Crippen MR) is 127 cm³/mol. The molecule has 0 radical (unpaired) electrons. The molecule has 1 fully saturated rings. The van der Waals surface area contributed by atoms with Gasteiger partial charge in [-0.1, -0.05) is 29.8 Å². The molecule has 170 valence electrons. The van der Waals surface area contributed by atoms with Crippen LogP contribution in [-0.2, 0) is 14.3 Å². The third kappa shape index (κ3) is 4.41. The van der Waals surface area contributed by atoms with Crippen LogP contribution >= 0.6 is 0 Å². The number of aliphatic hydroxyl groups excluding tert-OH is 1. The molecular weight excluding hydrogens is 404 g/mol. The predicted octanol–water partition coefficient (Wildman–Crippen LogP) is 4.22. The zero-order valence-electron chi connectivity index (χ0n) is 19.5. The van der Waals surface area contributed by atoms with E-state index in [4.69, 9.17) is 4.74 Å². The van der Waals surface area contributed by atoms with Crippen LogP contribution in [0.15, 0.2) is 48.0 Å². The Morgan fingerprint density at radius 3 is 2.31 bits per heavy atom. The van der Waals surface area contributed by atoms with Crippen molar-refractivity contribution in [2.45, 2.75) is 33.7 Å². The third-order valence-corrected chi connectivity index (χ3v) is 6.06. The van der Waals surface area contributed by atoms with Gasteiger partial charge in [0.1, 0.15) is 5.76 Å². The molecule has 1 aliphatic rings. The van der Waals surface area contributed by atoms with E-state index in [9.17, 15) is 14.7 Å². The zero-order chi connectivity index (χ0) is 23.4. The fourth-order valence-corrected chi connectivity index (χ4v) is 4.24. The largest absolute Gasteiger partial charge is 0.507 e. The lowest BCUT2D eigenvalue weighted by atomic mass is 9.93. The first-order valence-corrected chi connectivity index (χ1v) is 11.0. The minimum absolute atomic E-state index is 0.121. The SMILES string of the molecule is CCN(CC)c1ccc(C2/C(=C(\O)c3cc(C)ccc3C)C(=O)C(=O)N2CCOC)cc1. The van der Waals surface area contributed by atoms with Crippen LogP contribution in [-0.4, -0.2) is 55.0 Å². The van der Waals surface area contributed by atoms with Gasteiger partial charge in [-0.25, -0.2) is 0 Å².